The van der Waals surface area contributed by atoms with Crippen LogP contribution in [0.1, 0.15) is 0 Å². The number of nitrogens with two attached hydrogens (primary N) is 1. The molecule has 0 bridgehead atoms. The van der Waals surface area contributed by atoms with Crippen LogP contribution in [-0.4, -0.2) is 35.3 Å². The molecule has 0 saturated carbocycles. The molecule has 2 aromatic rings. The van der Waals surface area contributed by atoms with Gasteiger partial charge in [-0.15, -0.1) is 0 Å². The molecule has 1 heterocycles. The van der Waals surface area contributed by atoms with Gasteiger partial charge >= 0.3 is 12.1 Å². The maximum atomic E-state index is 11.9. The molecule has 8 nitrogen and oxygen atoms in total. The van der Waals surface area contributed by atoms with Crippen LogP contribution < -0.4 is 20.6 Å². The van der Waals surface area contributed by atoms with Gasteiger partial charge in [-0.3, -0.25) is 4.79 Å². The van der Waals surface area contributed by atoms with Gasteiger partial charge in [0, 0.05) is 0 Å². The van der Waals surface area contributed by atoms with Gasteiger partial charge in [0.2, 0.25) is 0 Å². The molecule has 3 N–H and O–H groups in total. The Morgan fingerprint density at radius 1 is 1.45 bits per heavy atom. The first-order chi connectivity index (χ1) is 10.3. The number of carbonyl (C=O) groups excluding carboxylic acids is 1. The largest absolute Gasteiger partial charge is 0.594 e. The topological polar surface area (TPSA) is 117 Å². The summed E-state index contributed by atoms with van der Waals surface area (Å²) >= 11 is 0. The fourth-order valence-corrected chi connectivity index (χ4v) is 1.57. The van der Waals surface area contributed by atoms with Crippen molar-refractivity contribution in [2.24, 2.45) is 0 Å². The summed E-state index contributed by atoms with van der Waals surface area (Å²) in [5, 5.41) is 16.6. The molecule has 118 valence electrons. The van der Waals surface area contributed by atoms with Gasteiger partial charge in [-0.2, -0.15) is 13.2 Å². The molecule has 0 aliphatic heterocycles. The van der Waals surface area contributed by atoms with Crippen molar-refractivity contribution in [2.45, 2.75) is 6.18 Å². The van der Waals surface area contributed by atoms with Crippen LogP contribution in [0.4, 0.5) is 19.1 Å². The number of anilines is 1. The van der Waals surface area contributed by atoms with Crippen LogP contribution in [0.25, 0.3) is 11.0 Å². The molecule has 0 aliphatic rings. The number of fused-ring (bicyclic) bond motifs is 1. The fraction of sp³-hybridized carbons (Fsp3) is 0.273. The normalized spacial score (nSPS) is 11.4. The third-order valence-corrected chi connectivity index (χ3v) is 2.50. The first-order valence-corrected chi connectivity index (χ1v) is 5.92. The van der Waals surface area contributed by atoms with Crippen LogP contribution >= 0.6 is 0 Å². The number of benzene rings is 1. The highest BCUT2D eigenvalue weighted by Crippen LogP contribution is 2.17. The lowest BCUT2D eigenvalue weighted by molar-refractivity contribution is -0.641. The molecule has 1 aromatic heterocycles. The summed E-state index contributed by atoms with van der Waals surface area (Å²) in [7, 11) is 0. The van der Waals surface area contributed by atoms with Gasteiger partial charge in [-0.25, -0.2) is 4.98 Å². The van der Waals surface area contributed by atoms with Gasteiger partial charge in [0.1, 0.15) is 17.9 Å². The Kier molecular flexibility index (Phi) is 4.15. The fourth-order valence-electron chi connectivity index (χ4n) is 1.57. The van der Waals surface area contributed by atoms with Crippen LogP contribution in [0.2, 0.25) is 0 Å². The van der Waals surface area contributed by atoms with E-state index in [9.17, 15) is 23.2 Å². The van der Waals surface area contributed by atoms with E-state index in [1.807, 2.05) is 0 Å². The number of halogens is 3. The second kappa shape index (κ2) is 5.87. The summed E-state index contributed by atoms with van der Waals surface area (Å²) in [5.74, 6) is -2.02. The number of nitrogens with one attached hydrogen (secondary N) is 1. The number of nitrogen functional groups attached to an aromatic ring is 1. The van der Waals surface area contributed by atoms with Crippen molar-refractivity contribution < 1.29 is 27.5 Å². The molecule has 0 spiro atoms. The van der Waals surface area contributed by atoms with E-state index in [0.29, 0.717) is 5.52 Å². The SMILES string of the molecule is Nc1nc2ccc(OCCNC(=O)C(F)(F)F)cc2[n+]([O-])n1. The average molecular weight is 317 g/mol. The van der Waals surface area contributed by atoms with Crippen molar-refractivity contribution in [2.75, 3.05) is 18.9 Å². The Hall–Kier alpha value is -2.85. The third kappa shape index (κ3) is 3.62. The summed E-state index contributed by atoms with van der Waals surface area (Å²) in [5.41, 5.74) is 5.70. The Labute approximate surface area is 121 Å². The van der Waals surface area contributed by atoms with E-state index in [0.717, 1.165) is 0 Å². The van der Waals surface area contributed by atoms with E-state index in [-0.39, 0.29) is 35.2 Å². The first kappa shape index (κ1) is 15.5. The molecule has 11 heteroatoms. The third-order valence-electron chi connectivity index (χ3n) is 2.50. The van der Waals surface area contributed by atoms with Crippen molar-refractivity contribution in [3.05, 3.63) is 23.4 Å². The van der Waals surface area contributed by atoms with Crippen LogP contribution in [0.3, 0.4) is 0 Å². The lowest BCUT2D eigenvalue weighted by Crippen LogP contribution is -2.38. The van der Waals surface area contributed by atoms with Crippen LogP contribution in [-0.2, 0) is 4.79 Å². The molecule has 0 unspecified atom stereocenters. The number of carbonyl (C=O) groups is 1. The monoisotopic (exact) mass is 317 g/mol. The number of alkyl halides is 3. The molecule has 1 amide bonds. The van der Waals surface area contributed by atoms with Crippen molar-refractivity contribution >= 4 is 22.9 Å². The number of amides is 1. The number of rotatable bonds is 4. The molecule has 0 fully saturated rings. The second-order valence-corrected chi connectivity index (χ2v) is 4.10. The highest BCUT2D eigenvalue weighted by atomic mass is 19.4. The molecule has 0 saturated heterocycles. The minimum Gasteiger partial charge on any atom is -0.594 e. The summed E-state index contributed by atoms with van der Waals surface area (Å²) in [6, 6.07) is 4.22. The Bertz CT molecular complexity index is 707. The van der Waals surface area contributed by atoms with Gasteiger partial charge in [0.05, 0.1) is 17.7 Å². The van der Waals surface area contributed by atoms with Crippen molar-refractivity contribution in [1.29, 1.82) is 0 Å². The van der Waals surface area contributed by atoms with Crippen LogP contribution in [0.15, 0.2) is 18.2 Å². The number of nitrogens with zero attached hydrogens (tertiary/aromatic N) is 3. The van der Waals surface area contributed by atoms with Gasteiger partial charge in [-0.1, -0.05) is 0 Å². The molecule has 0 radical (unpaired) electrons. The van der Waals surface area contributed by atoms with Crippen LogP contribution in [0, 0.1) is 5.21 Å². The Morgan fingerprint density at radius 2 is 2.18 bits per heavy atom. The number of aromatic nitrogens is 3. The molecule has 0 atom stereocenters. The summed E-state index contributed by atoms with van der Waals surface area (Å²) in [6.07, 6.45) is -4.94. The zero-order chi connectivity index (χ0) is 16.3. The van der Waals surface area contributed by atoms with Crippen molar-refractivity contribution in [1.82, 2.24) is 15.4 Å². The number of ether oxygens (including phenoxy) is 1. The van der Waals surface area contributed by atoms with Gasteiger partial charge in [0.25, 0.3) is 11.5 Å². The Morgan fingerprint density at radius 3 is 2.86 bits per heavy atom. The molecule has 1 aromatic carbocycles. The molecular weight excluding hydrogens is 307 g/mol. The average Bonchev–Trinajstić information content (AvgIpc) is 2.42. The molecule has 0 aliphatic carbocycles. The number of hydrogen-bond donors (Lipinski definition) is 2. The van der Waals surface area contributed by atoms with E-state index in [1.54, 1.807) is 5.32 Å². The van der Waals surface area contributed by atoms with E-state index in [1.165, 1.54) is 18.2 Å². The van der Waals surface area contributed by atoms with Crippen molar-refractivity contribution in [3.8, 4) is 5.75 Å². The van der Waals surface area contributed by atoms with Crippen LogP contribution in [0.5, 0.6) is 5.75 Å². The van der Waals surface area contributed by atoms with E-state index < -0.39 is 12.1 Å². The summed E-state index contributed by atoms with van der Waals surface area (Å²) < 4.78 is 41.0. The standard InChI is InChI=1S/C11H10F3N5O3/c12-11(13,14)9(20)16-3-4-22-6-1-2-7-8(5-6)19(21)18-10(15)17-7/h1-2,5H,3-4H2,(H,16,20)(H2,15,17,18). The Balaban J connectivity index is 1.97. The number of hydrogen-bond acceptors (Lipinski definition) is 6. The molecule has 2 rings (SSSR count). The second-order valence-electron chi connectivity index (χ2n) is 4.10. The van der Waals surface area contributed by atoms with E-state index in [2.05, 4.69) is 10.1 Å². The van der Waals surface area contributed by atoms with Gasteiger partial charge < -0.3 is 21.0 Å². The lowest BCUT2D eigenvalue weighted by Gasteiger charge is -2.09. The smallest absolute Gasteiger partial charge is 0.471 e. The highest BCUT2D eigenvalue weighted by molar-refractivity contribution is 5.81. The maximum Gasteiger partial charge on any atom is 0.471 e. The van der Waals surface area contributed by atoms with Gasteiger partial charge in [0.15, 0.2) is 0 Å². The molecular formula is C11H10F3N5O3. The quantitative estimate of drug-likeness (QED) is 0.462. The lowest BCUT2D eigenvalue weighted by atomic mass is 10.3. The van der Waals surface area contributed by atoms with E-state index >= 15 is 0 Å². The minimum atomic E-state index is -4.94. The highest BCUT2D eigenvalue weighted by Gasteiger charge is 2.38. The predicted molar refractivity (Wildman–Crippen MR) is 67.5 cm³/mol. The zero-order valence-corrected chi connectivity index (χ0v) is 10.9. The summed E-state index contributed by atoms with van der Waals surface area (Å²) in [6.45, 7) is -0.548. The maximum absolute atomic E-state index is 11.9. The first-order valence-electron chi connectivity index (χ1n) is 5.92. The predicted octanol–water partition coefficient (Wildman–Crippen LogP) is -0.0973. The summed E-state index contributed by atoms with van der Waals surface area (Å²) in [4.78, 5) is 14.7. The van der Waals surface area contributed by atoms with Gasteiger partial charge in [-0.05, 0) is 17.0 Å². The zero-order valence-electron chi connectivity index (χ0n) is 10.9. The minimum absolute atomic E-state index is 0.0889. The van der Waals surface area contributed by atoms with Crippen molar-refractivity contribution in [3.63, 3.8) is 0 Å². The van der Waals surface area contributed by atoms with E-state index in [4.69, 9.17) is 10.5 Å². The molecule has 22 heavy (non-hydrogen) atoms.